The first kappa shape index (κ1) is 20.8. The molecule has 2 aliphatic heterocycles. The van der Waals surface area contributed by atoms with Gasteiger partial charge in [-0.1, -0.05) is 23.2 Å². The van der Waals surface area contributed by atoms with Gasteiger partial charge >= 0.3 is 0 Å². The highest BCUT2D eigenvalue weighted by Gasteiger charge is 2.22. The Morgan fingerprint density at radius 1 is 1.17 bits per heavy atom. The normalized spacial score (nSPS) is 17.6. The fourth-order valence-corrected chi connectivity index (χ4v) is 5.11. The van der Waals surface area contributed by atoms with Crippen LogP contribution in [0.4, 0.5) is 15.8 Å². The number of halogens is 3. The molecule has 0 bridgehead atoms. The zero-order valence-electron chi connectivity index (χ0n) is 15.7. The number of hydrogen-bond acceptors (Lipinski definition) is 4. The van der Waals surface area contributed by atoms with Crippen LogP contribution in [0.2, 0.25) is 10.0 Å². The van der Waals surface area contributed by atoms with Crippen LogP contribution in [0.15, 0.2) is 30.3 Å². The van der Waals surface area contributed by atoms with Gasteiger partial charge in [-0.25, -0.2) is 4.39 Å². The molecule has 2 aliphatic rings. The summed E-state index contributed by atoms with van der Waals surface area (Å²) in [5.41, 5.74) is 2.40. The molecule has 2 heterocycles. The van der Waals surface area contributed by atoms with E-state index in [9.17, 15) is 9.18 Å². The molecule has 0 atom stereocenters. The molecule has 0 spiro atoms. The number of rotatable bonds is 4. The summed E-state index contributed by atoms with van der Waals surface area (Å²) in [6.45, 7) is 2.25. The van der Waals surface area contributed by atoms with Crippen LogP contribution >= 0.6 is 35.1 Å². The molecule has 2 saturated heterocycles. The summed E-state index contributed by atoms with van der Waals surface area (Å²) in [5.74, 6) is 0.258. The summed E-state index contributed by atoms with van der Waals surface area (Å²) in [6.07, 6.45) is 2.86. The molecule has 0 aromatic heterocycles. The lowest BCUT2D eigenvalue weighted by molar-refractivity contribution is 0.0853. The van der Waals surface area contributed by atoms with Crippen molar-refractivity contribution >= 4 is 52.4 Å². The van der Waals surface area contributed by atoms with Crippen molar-refractivity contribution < 1.29 is 13.9 Å². The van der Waals surface area contributed by atoms with E-state index in [0.717, 1.165) is 50.3 Å². The highest BCUT2D eigenvalue weighted by molar-refractivity contribution is 8.00. The average molecular weight is 455 g/mol. The van der Waals surface area contributed by atoms with Crippen LogP contribution in [0, 0.1) is 5.82 Å². The lowest BCUT2D eigenvalue weighted by Gasteiger charge is -2.23. The van der Waals surface area contributed by atoms with Gasteiger partial charge in [-0.2, -0.15) is 0 Å². The third-order valence-corrected chi connectivity index (χ3v) is 6.95. The summed E-state index contributed by atoms with van der Waals surface area (Å²) < 4.78 is 21.8. The van der Waals surface area contributed by atoms with E-state index in [4.69, 9.17) is 27.9 Å². The maximum Gasteiger partial charge on any atom is 0.257 e. The largest absolute Gasteiger partial charge is 0.381 e. The average Bonchev–Trinajstić information content (AvgIpc) is 3.25. The van der Waals surface area contributed by atoms with Gasteiger partial charge in [-0.15, -0.1) is 0 Å². The highest BCUT2D eigenvalue weighted by Crippen LogP contribution is 2.34. The Bertz CT molecular complexity index is 916. The number of hydrogen-bond donors (Lipinski definition) is 1. The molecule has 0 radical (unpaired) electrons. The molecule has 1 amide bonds. The number of benzene rings is 2. The molecule has 0 unspecified atom stereocenters. The van der Waals surface area contributed by atoms with Gasteiger partial charge in [0.25, 0.3) is 5.91 Å². The fraction of sp³-hybridized carbons (Fsp3) is 0.381. The Balaban J connectivity index is 1.58. The van der Waals surface area contributed by atoms with E-state index >= 15 is 0 Å². The number of nitrogens with one attached hydrogen (secondary N) is 1. The number of ether oxygens (including phenoxy) is 1. The quantitative estimate of drug-likeness (QED) is 0.563. The predicted molar refractivity (Wildman–Crippen MR) is 118 cm³/mol. The Hall–Kier alpha value is -1.47. The molecule has 0 aliphatic carbocycles. The van der Waals surface area contributed by atoms with E-state index in [2.05, 4.69) is 5.32 Å². The molecule has 2 aromatic carbocycles. The molecule has 4 rings (SSSR count). The van der Waals surface area contributed by atoms with Gasteiger partial charge < -0.3 is 14.4 Å². The first-order valence-electron chi connectivity index (χ1n) is 9.60. The first-order chi connectivity index (χ1) is 14.0. The number of amides is 1. The molecule has 154 valence electrons. The number of anilines is 2. The van der Waals surface area contributed by atoms with Crippen molar-refractivity contribution in [3.05, 3.63) is 57.3 Å². The van der Waals surface area contributed by atoms with Crippen LogP contribution in [0.25, 0.3) is 0 Å². The lowest BCUT2D eigenvalue weighted by Crippen LogP contribution is -2.17. The van der Waals surface area contributed by atoms with Gasteiger partial charge in [0.15, 0.2) is 0 Å². The van der Waals surface area contributed by atoms with Crippen molar-refractivity contribution in [3.63, 3.8) is 0 Å². The Morgan fingerprint density at radius 3 is 2.69 bits per heavy atom. The molecule has 4 nitrogen and oxygen atoms in total. The minimum absolute atomic E-state index is 0.113. The van der Waals surface area contributed by atoms with Crippen LogP contribution < -0.4 is 9.62 Å². The molecular formula is C21H21Cl2FN2O2S. The number of carbonyl (C=O) groups excluding carboxylic acids is 1. The smallest absolute Gasteiger partial charge is 0.257 e. The van der Waals surface area contributed by atoms with E-state index in [1.54, 1.807) is 24.1 Å². The van der Waals surface area contributed by atoms with Gasteiger partial charge in [0.05, 0.1) is 16.3 Å². The van der Waals surface area contributed by atoms with E-state index in [1.807, 2.05) is 16.4 Å². The monoisotopic (exact) mass is 454 g/mol. The van der Waals surface area contributed by atoms with E-state index in [0.29, 0.717) is 22.3 Å². The number of carbonyl (C=O) groups is 1. The van der Waals surface area contributed by atoms with Crippen LogP contribution in [0.5, 0.6) is 0 Å². The van der Waals surface area contributed by atoms with Gasteiger partial charge in [0, 0.05) is 36.2 Å². The summed E-state index contributed by atoms with van der Waals surface area (Å²) >= 11 is 14.0. The SMILES string of the molecule is O=C(Nc1cc(Cl)cc(C2CCOCC2)c1)c1cc(N2CCCS2)cc(F)c1Cl. The summed E-state index contributed by atoms with van der Waals surface area (Å²) in [6, 6.07) is 8.55. The van der Waals surface area contributed by atoms with Crippen molar-refractivity contribution in [2.75, 3.05) is 35.1 Å². The second-order valence-electron chi connectivity index (χ2n) is 7.19. The lowest BCUT2D eigenvalue weighted by atomic mass is 9.91. The molecule has 8 heteroatoms. The summed E-state index contributed by atoms with van der Waals surface area (Å²) in [4.78, 5) is 12.9. The zero-order valence-corrected chi connectivity index (χ0v) is 18.0. The van der Waals surface area contributed by atoms with Gasteiger partial charge in [-0.05, 0) is 73.0 Å². The van der Waals surface area contributed by atoms with Gasteiger partial charge in [0.1, 0.15) is 5.82 Å². The molecule has 2 fully saturated rings. The highest BCUT2D eigenvalue weighted by atomic mass is 35.5. The number of nitrogens with zero attached hydrogens (tertiary/aromatic N) is 1. The third-order valence-electron chi connectivity index (χ3n) is 5.17. The summed E-state index contributed by atoms with van der Waals surface area (Å²) in [7, 11) is 0. The molecule has 29 heavy (non-hydrogen) atoms. The van der Waals surface area contributed by atoms with Crippen LogP contribution in [0.1, 0.15) is 41.1 Å². The first-order valence-corrected chi connectivity index (χ1v) is 11.3. The van der Waals surface area contributed by atoms with Crippen molar-refractivity contribution in [1.82, 2.24) is 0 Å². The standard InChI is InChI=1S/C21H21Cl2FN2O2S/c22-15-8-14(13-2-5-28-6-3-13)9-16(10-15)25-21(27)18-11-17(12-19(24)20(18)23)26-4-1-7-29-26/h8-13H,1-7H2,(H,25,27). The summed E-state index contributed by atoms with van der Waals surface area (Å²) in [5, 5.41) is 3.20. The van der Waals surface area contributed by atoms with Crippen LogP contribution in [-0.2, 0) is 4.74 Å². The van der Waals surface area contributed by atoms with E-state index in [-0.39, 0.29) is 10.6 Å². The van der Waals surface area contributed by atoms with Crippen molar-refractivity contribution in [1.29, 1.82) is 0 Å². The minimum Gasteiger partial charge on any atom is -0.381 e. The Morgan fingerprint density at radius 2 is 1.97 bits per heavy atom. The van der Waals surface area contributed by atoms with Crippen molar-refractivity contribution in [3.8, 4) is 0 Å². The van der Waals surface area contributed by atoms with Crippen molar-refractivity contribution in [2.45, 2.75) is 25.2 Å². The second-order valence-corrected chi connectivity index (χ2v) is 9.11. The Kier molecular flexibility index (Phi) is 6.54. The Labute approximate surface area is 183 Å². The second kappa shape index (κ2) is 9.13. The van der Waals surface area contributed by atoms with Gasteiger partial charge in [-0.3, -0.25) is 4.79 Å². The van der Waals surface area contributed by atoms with Gasteiger partial charge in [0.2, 0.25) is 0 Å². The molecule has 1 N–H and O–H groups in total. The predicted octanol–water partition coefficient (Wildman–Crippen LogP) is 6.14. The zero-order chi connectivity index (χ0) is 20.4. The minimum atomic E-state index is -0.601. The fourth-order valence-electron chi connectivity index (χ4n) is 3.68. The van der Waals surface area contributed by atoms with Crippen molar-refractivity contribution in [2.24, 2.45) is 0 Å². The maximum absolute atomic E-state index is 14.4. The molecule has 2 aromatic rings. The van der Waals surface area contributed by atoms with Crippen LogP contribution in [0.3, 0.4) is 0 Å². The van der Waals surface area contributed by atoms with E-state index in [1.165, 1.54) is 6.07 Å². The topological polar surface area (TPSA) is 41.6 Å². The molecular weight excluding hydrogens is 434 g/mol. The van der Waals surface area contributed by atoms with Crippen LogP contribution in [-0.4, -0.2) is 31.4 Å². The third kappa shape index (κ3) is 4.82. The molecule has 0 saturated carbocycles. The maximum atomic E-state index is 14.4. The van der Waals surface area contributed by atoms with E-state index < -0.39 is 11.7 Å².